The number of fused-ring (bicyclic) bond motifs is 1. The Hall–Kier alpha value is -1.71. The molecule has 0 aliphatic carbocycles. The van der Waals surface area contributed by atoms with Gasteiger partial charge in [0.15, 0.2) is 6.29 Å². The van der Waals surface area contributed by atoms with Crippen LogP contribution in [0.3, 0.4) is 0 Å². The van der Waals surface area contributed by atoms with Crippen LogP contribution < -0.4 is 4.90 Å². The van der Waals surface area contributed by atoms with Crippen molar-refractivity contribution in [1.29, 1.82) is 0 Å². The van der Waals surface area contributed by atoms with E-state index in [1.165, 1.54) is 0 Å². The van der Waals surface area contributed by atoms with E-state index in [1.54, 1.807) is 11.0 Å². The molecule has 0 unspecified atom stereocenters. The normalized spacial score (nSPS) is 15.3. The van der Waals surface area contributed by atoms with E-state index >= 15 is 0 Å². The van der Waals surface area contributed by atoms with Gasteiger partial charge in [0.25, 0.3) is 0 Å². The first-order chi connectivity index (χ1) is 7.35. The number of anilines is 1. The first-order valence-corrected chi connectivity index (χ1v) is 5.02. The molecule has 0 aromatic carbocycles. The van der Waals surface area contributed by atoms with Gasteiger partial charge >= 0.3 is 0 Å². The third-order valence-electron chi connectivity index (χ3n) is 2.59. The highest BCUT2D eigenvalue weighted by molar-refractivity contribution is 5.78. The minimum atomic E-state index is 0.377. The molecule has 1 aliphatic rings. The maximum atomic E-state index is 10.9. The highest BCUT2D eigenvalue weighted by atomic mass is 16.1. The summed E-state index contributed by atoms with van der Waals surface area (Å²) in [5, 5.41) is 0. The van der Waals surface area contributed by atoms with Crippen molar-refractivity contribution in [2.45, 2.75) is 19.3 Å². The van der Waals surface area contributed by atoms with Crippen LogP contribution in [-0.2, 0) is 11.2 Å². The molecule has 1 aromatic heterocycles. The molecule has 78 valence electrons. The molecule has 0 saturated heterocycles. The molecule has 2 heterocycles. The van der Waals surface area contributed by atoms with Crippen LogP contribution in [0.2, 0.25) is 0 Å². The summed E-state index contributed by atoms with van der Waals surface area (Å²) >= 11 is 0. The lowest BCUT2D eigenvalue weighted by Gasteiger charge is -2.15. The van der Waals surface area contributed by atoms with Crippen molar-refractivity contribution in [1.82, 2.24) is 4.98 Å². The summed E-state index contributed by atoms with van der Waals surface area (Å²) in [6.07, 6.45) is 4.44. The first-order valence-electron chi connectivity index (χ1n) is 5.02. The Kier molecular flexibility index (Phi) is 2.76. The number of carbonyl (C=O) groups is 2. The average Bonchev–Trinajstić information content (AvgIpc) is 2.49. The van der Waals surface area contributed by atoms with E-state index in [1.807, 2.05) is 6.07 Å². The van der Waals surface area contributed by atoms with E-state index < -0.39 is 0 Å². The number of nitrogens with zero attached hydrogens (tertiary/aromatic N) is 2. The van der Waals surface area contributed by atoms with Crippen molar-refractivity contribution in [3.63, 3.8) is 0 Å². The van der Waals surface area contributed by atoms with E-state index in [2.05, 4.69) is 4.98 Å². The molecule has 0 atom stereocenters. The first kappa shape index (κ1) is 9.83. The van der Waals surface area contributed by atoms with Gasteiger partial charge in [-0.25, -0.2) is 4.98 Å². The lowest BCUT2D eigenvalue weighted by atomic mass is 10.1. The molecule has 1 amide bonds. The fourth-order valence-corrected chi connectivity index (χ4v) is 1.81. The van der Waals surface area contributed by atoms with Crippen molar-refractivity contribution in [2.75, 3.05) is 11.4 Å². The lowest BCUT2D eigenvalue weighted by molar-refractivity contribution is -0.107. The third kappa shape index (κ3) is 1.88. The maximum Gasteiger partial charge on any atom is 0.215 e. The molecule has 0 radical (unpaired) electrons. The minimum Gasteiger partial charge on any atom is -0.299 e. The second-order valence-electron chi connectivity index (χ2n) is 3.59. The van der Waals surface area contributed by atoms with Gasteiger partial charge < -0.3 is 0 Å². The molecule has 0 N–H and O–H groups in total. The summed E-state index contributed by atoms with van der Waals surface area (Å²) in [5.74, 6) is 0.645. The number of hydrogen-bond donors (Lipinski definition) is 0. The molecular formula is C11H12N2O2. The van der Waals surface area contributed by atoms with E-state index in [-0.39, 0.29) is 0 Å². The van der Waals surface area contributed by atoms with Crippen molar-refractivity contribution in [3.05, 3.63) is 23.4 Å². The van der Waals surface area contributed by atoms with Gasteiger partial charge in [0.05, 0.1) is 0 Å². The highest BCUT2D eigenvalue weighted by Gasteiger charge is 2.16. The second kappa shape index (κ2) is 4.21. The number of carbonyl (C=O) groups excluding carboxylic acids is 2. The number of amides is 1. The minimum absolute atomic E-state index is 0.377. The van der Waals surface area contributed by atoms with Gasteiger partial charge in [0, 0.05) is 6.54 Å². The van der Waals surface area contributed by atoms with Gasteiger partial charge in [0.2, 0.25) is 6.41 Å². The summed E-state index contributed by atoms with van der Waals surface area (Å²) in [6.45, 7) is 0.686. The van der Waals surface area contributed by atoms with Crippen molar-refractivity contribution in [2.24, 2.45) is 0 Å². The summed E-state index contributed by atoms with van der Waals surface area (Å²) in [6, 6.07) is 3.58. The number of pyridine rings is 1. The summed E-state index contributed by atoms with van der Waals surface area (Å²) in [4.78, 5) is 27.2. The molecule has 4 heteroatoms. The molecular weight excluding hydrogens is 192 g/mol. The second-order valence-corrected chi connectivity index (χ2v) is 3.59. The molecule has 1 aromatic rings. The van der Waals surface area contributed by atoms with Crippen molar-refractivity contribution in [3.8, 4) is 0 Å². The van der Waals surface area contributed by atoms with Crippen molar-refractivity contribution < 1.29 is 9.59 Å². The van der Waals surface area contributed by atoms with Crippen LogP contribution in [0.4, 0.5) is 5.82 Å². The van der Waals surface area contributed by atoms with Gasteiger partial charge in [-0.2, -0.15) is 0 Å². The Labute approximate surface area is 87.9 Å². The Morgan fingerprint density at radius 1 is 1.27 bits per heavy atom. The number of hydrogen-bond acceptors (Lipinski definition) is 3. The van der Waals surface area contributed by atoms with Crippen LogP contribution in [0.1, 0.15) is 28.9 Å². The Morgan fingerprint density at radius 2 is 2.13 bits per heavy atom. The molecule has 0 saturated carbocycles. The zero-order valence-electron chi connectivity index (χ0n) is 8.35. The molecule has 0 spiro atoms. The zero-order valence-corrected chi connectivity index (χ0v) is 8.35. The number of rotatable bonds is 2. The predicted octanol–water partition coefficient (Wildman–Crippen LogP) is 1.19. The van der Waals surface area contributed by atoms with Gasteiger partial charge in [-0.05, 0) is 30.9 Å². The maximum absolute atomic E-state index is 10.9. The molecule has 4 nitrogen and oxygen atoms in total. The van der Waals surface area contributed by atoms with Crippen LogP contribution in [0, 0.1) is 0 Å². The van der Waals surface area contributed by atoms with E-state index in [0.29, 0.717) is 24.3 Å². The third-order valence-corrected chi connectivity index (χ3v) is 2.59. The van der Waals surface area contributed by atoms with E-state index in [9.17, 15) is 9.59 Å². The van der Waals surface area contributed by atoms with Gasteiger partial charge in [-0.15, -0.1) is 0 Å². The van der Waals surface area contributed by atoms with Crippen LogP contribution in [-0.4, -0.2) is 24.2 Å². The summed E-state index contributed by atoms with van der Waals surface area (Å²) in [7, 11) is 0. The monoisotopic (exact) mass is 204 g/mol. The quantitative estimate of drug-likeness (QED) is 0.680. The largest absolute Gasteiger partial charge is 0.299 e. The number of aryl methyl sites for hydroxylation is 1. The fraction of sp³-hybridized carbons (Fsp3) is 0.364. The van der Waals surface area contributed by atoms with Crippen LogP contribution in [0.5, 0.6) is 0 Å². The van der Waals surface area contributed by atoms with Gasteiger partial charge in [-0.3, -0.25) is 14.5 Å². The zero-order chi connectivity index (χ0) is 10.7. The van der Waals surface area contributed by atoms with Crippen LogP contribution in [0.15, 0.2) is 12.1 Å². The fourth-order valence-electron chi connectivity index (χ4n) is 1.81. The summed E-state index contributed by atoms with van der Waals surface area (Å²) in [5.41, 5.74) is 1.42. The molecule has 0 fully saturated rings. The molecule has 0 bridgehead atoms. The Bertz CT molecular complexity index is 390. The SMILES string of the molecule is O=Cc1ccc2c(n1)N(C=O)CCCC2. The van der Waals surface area contributed by atoms with E-state index in [0.717, 1.165) is 31.2 Å². The topological polar surface area (TPSA) is 50.3 Å². The Morgan fingerprint density at radius 3 is 2.87 bits per heavy atom. The van der Waals surface area contributed by atoms with Gasteiger partial charge in [-0.1, -0.05) is 6.07 Å². The van der Waals surface area contributed by atoms with Crippen LogP contribution in [0.25, 0.3) is 0 Å². The summed E-state index contributed by atoms with van der Waals surface area (Å²) < 4.78 is 0. The molecule has 2 rings (SSSR count). The van der Waals surface area contributed by atoms with E-state index in [4.69, 9.17) is 0 Å². The Balaban J connectivity index is 2.47. The lowest BCUT2D eigenvalue weighted by Crippen LogP contribution is -2.23. The average molecular weight is 204 g/mol. The number of aromatic nitrogens is 1. The van der Waals surface area contributed by atoms with Crippen LogP contribution >= 0.6 is 0 Å². The standard InChI is InChI=1S/C11H12N2O2/c14-7-10-5-4-9-3-1-2-6-13(8-15)11(9)12-10/h4-5,7-8H,1-3,6H2. The van der Waals surface area contributed by atoms with Gasteiger partial charge in [0.1, 0.15) is 11.5 Å². The van der Waals surface area contributed by atoms with Crippen molar-refractivity contribution >= 4 is 18.5 Å². The highest BCUT2D eigenvalue weighted by Crippen LogP contribution is 2.23. The number of aldehydes is 1. The molecule has 1 aliphatic heterocycles. The predicted molar refractivity (Wildman–Crippen MR) is 56.0 cm³/mol. The smallest absolute Gasteiger partial charge is 0.215 e. The molecule has 15 heavy (non-hydrogen) atoms.